The zero-order chi connectivity index (χ0) is 27.1. The summed E-state index contributed by atoms with van der Waals surface area (Å²) in [7, 11) is 0. The minimum absolute atomic E-state index is 0.0429. The SMILES string of the molecule is CCC(C)C(NC(=O)C(CCC(N)=O)NC(=O)C(CCCN=C(N)N)NC(=O)C(N)CO)C(=O)O. The van der Waals surface area contributed by atoms with Crippen molar-refractivity contribution in [2.75, 3.05) is 13.2 Å². The van der Waals surface area contributed by atoms with Crippen LogP contribution in [0.1, 0.15) is 46.0 Å². The van der Waals surface area contributed by atoms with Gasteiger partial charge in [0.2, 0.25) is 23.6 Å². The molecular formula is C20H38N8O7. The summed E-state index contributed by atoms with van der Waals surface area (Å²) >= 11 is 0. The number of nitrogens with one attached hydrogen (secondary N) is 3. The Morgan fingerprint density at radius 3 is 1.94 bits per heavy atom. The number of primary amides is 1. The molecule has 35 heavy (non-hydrogen) atoms. The number of carboxylic acid groups (broad SMARTS) is 1. The van der Waals surface area contributed by atoms with Crippen LogP contribution in [0.3, 0.4) is 0 Å². The van der Waals surface area contributed by atoms with Crippen molar-refractivity contribution in [2.45, 2.75) is 70.1 Å². The van der Waals surface area contributed by atoms with Crippen LogP contribution >= 0.6 is 0 Å². The molecule has 0 fully saturated rings. The van der Waals surface area contributed by atoms with Gasteiger partial charge < -0.3 is 49.1 Å². The highest BCUT2D eigenvalue weighted by Gasteiger charge is 2.31. The second kappa shape index (κ2) is 16.2. The summed E-state index contributed by atoms with van der Waals surface area (Å²) in [4.78, 5) is 64.6. The Labute approximate surface area is 203 Å². The van der Waals surface area contributed by atoms with E-state index < -0.39 is 66.3 Å². The van der Waals surface area contributed by atoms with Gasteiger partial charge in [0.05, 0.1) is 6.61 Å². The van der Waals surface area contributed by atoms with E-state index in [-0.39, 0.29) is 38.2 Å². The molecule has 0 saturated carbocycles. The van der Waals surface area contributed by atoms with Crippen LogP contribution in [0.2, 0.25) is 0 Å². The third-order valence-corrected chi connectivity index (χ3v) is 5.20. The van der Waals surface area contributed by atoms with E-state index in [2.05, 4.69) is 20.9 Å². The highest BCUT2D eigenvalue weighted by atomic mass is 16.4. The van der Waals surface area contributed by atoms with Crippen molar-refractivity contribution in [3.05, 3.63) is 0 Å². The van der Waals surface area contributed by atoms with Gasteiger partial charge in [0, 0.05) is 13.0 Å². The number of carboxylic acids is 1. The van der Waals surface area contributed by atoms with Gasteiger partial charge in [0.1, 0.15) is 24.2 Å². The molecule has 15 heteroatoms. The van der Waals surface area contributed by atoms with Crippen LogP contribution in [0.25, 0.3) is 0 Å². The van der Waals surface area contributed by atoms with Crippen LogP contribution in [0.5, 0.6) is 0 Å². The average Bonchev–Trinajstić information content (AvgIpc) is 2.79. The van der Waals surface area contributed by atoms with Crippen molar-refractivity contribution in [2.24, 2.45) is 33.8 Å². The zero-order valence-corrected chi connectivity index (χ0v) is 20.0. The molecule has 0 bridgehead atoms. The summed E-state index contributed by atoms with van der Waals surface area (Å²) < 4.78 is 0. The topological polar surface area (TPSA) is 278 Å². The fraction of sp³-hybridized carbons (Fsp3) is 0.700. The van der Waals surface area contributed by atoms with Gasteiger partial charge in [-0.3, -0.25) is 24.2 Å². The van der Waals surface area contributed by atoms with Crippen LogP contribution < -0.4 is 38.9 Å². The van der Waals surface area contributed by atoms with Crippen LogP contribution in [0.4, 0.5) is 0 Å². The highest BCUT2D eigenvalue weighted by molar-refractivity contribution is 5.94. The largest absolute Gasteiger partial charge is 0.480 e. The van der Waals surface area contributed by atoms with Crippen LogP contribution in [0, 0.1) is 5.92 Å². The van der Waals surface area contributed by atoms with Gasteiger partial charge >= 0.3 is 5.97 Å². The first kappa shape index (κ1) is 31.5. The number of rotatable bonds is 17. The molecular weight excluding hydrogens is 464 g/mol. The lowest BCUT2D eigenvalue weighted by Crippen LogP contribution is -2.58. The number of amides is 4. The smallest absolute Gasteiger partial charge is 0.326 e. The summed E-state index contributed by atoms with van der Waals surface area (Å²) in [6.07, 6.45) is 0.296. The van der Waals surface area contributed by atoms with Gasteiger partial charge in [-0.05, 0) is 25.2 Å². The van der Waals surface area contributed by atoms with E-state index in [1.54, 1.807) is 13.8 Å². The number of carbonyl (C=O) groups excluding carboxylic acids is 4. The van der Waals surface area contributed by atoms with Crippen molar-refractivity contribution >= 4 is 35.6 Å². The lowest BCUT2D eigenvalue weighted by atomic mass is 9.98. The first-order chi connectivity index (χ1) is 16.3. The van der Waals surface area contributed by atoms with Gasteiger partial charge in [0.25, 0.3) is 0 Å². The highest BCUT2D eigenvalue weighted by Crippen LogP contribution is 2.10. The standard InChI is InChI=1S/C20H38N8O7/c1-3-10(2)15(19(34)35)28-18(33)13(6-7-14(22)30)27-17(32)12(5-4-8-25-20(23)24)26-16(31)11(21)9-29/h10-13,15,29H,3-9,21H2,1-2H3,(H2,22,30)(H,26,31)(H,27,32)(H,28,33)(H,34,35)(H4,23,24,25). The molecule has 0 aromatic heterocycles. The molecule has 5 atom stereocenters. The van der Waals surface area contributed by atoms with Crippen molar-refractivity contribution in [3.63, 3.8) is 0 Å². The van der Waals surface area contributed by atoms with Crippen LogP contribution in [0.15, 0.2) is 4.99 Å². The Hall–Kier alpha value is -3.46. The Morgan fingerprint density at radius 1 is 0.914 bits per heavy atom. The van der Waals surface area contributed by atoms with Gasteiger partial charge in [-0.25, -0.2) is 4.79 Å². The number of guanidine groups is 1. The van der Waals surface area contributed by atoms with E-state index in [0.717, 1.165) is 0 Å². The summed E-state index contributed by atoms with van der Waals surface area (Å²) in [6, 6.07) is -5.02. The Bertz CT molecular complexity index is 773. The summed E-state index contributed by atoms with van der Waals surface area (Å²) in [6.45, 7) is 2.88. The Morgan fingerprint density at radius 2 is 1.46 bits per heavy atom. The normalized spacial score (nSPS) is 15.0. The van der Waals surface area contributed by atoms with Crippen molar-refractivity contribution < 1.29 is 34.2 Å². The Kier molecular flexibility index (Phi) is 14.6. The van der Waals surface area contributed by atoms with Gasteiger partial charge in [-0.2, -0.15) is 0 Å². The molecule has 5 unspecified atom stereocenters. The fourth-order valence-corrected chi connectivity index (χ4v) is 2.90. The molecule has 0 aromatic rings. The first-order valence-corrected chi connectivity index (χ1v) is 11.2. The molecule has 15 nitrogen and oxygen atoms in total. The number of hydrogen-bond donors (Lipinski definition) is 9. The predicted octanol–water partition coefficient (Wildman–Crippen LogP) is -3.79. The van der Waals surface area contributed by atoms with Crippen molar-refractivity contribution in [1.82, 2.24) is 16.0 Å². The molecule has 0 spiro atoms. The molecule has 0 radical (unpaired) electrons. The van der Waals surface area contributed by atoms with Gasteiger partial charge in [-0.15, -0.1) is 0 Å². The first-order valence-electron chi connectivity index (χ1n) is 11.2. The summed E-state index contributed by atoms with van der Waals surface area (Å²) in [5.74, 6) is -4.99. The van der Waals surface area contributed by atoms with E-state index in [1.165, 1.54) is 0 Å². The molecule has 0 aliphatic heterocycles. The van der Waals surface area contributed by atoms with E-state index >= 15 is 0 Å². The minimum atomic E-state index is -1.32. The average molecular weight is 503 g/mol. The van der Waals surface area contributed by atoms with Crippen LogP contribution in [-0.4, -0.2) is 83.1 Å². The molecule has 0 saturated heterocycles. The predicted molar refractivity (Wildman–Crippen MR) is 126 cm³/mol. The van der Waals surface area contributed by atoms with E-state index in [1.807, 2.05) is 0 Å². The maximum Gasteiger partial charge on any atom is 0.326 e. The van der Waals surface area contributed by atoms with E-state index in [0.29, 0.717) is 6.42 Å². The fourth-order valence-electron chi connectivity index (χ4n) is 2.90. The number of carbonyl (C=O) groups is 5. The Balaban J connectivity index is 5.65. The summed E-state index contributed by atoms with van der Waals surface area (Å²) in [5.41, 5.74) is 21.2. The number of aliphatic hydroxyl groups excluding tert-OH is 1. The summed E-state index contributed by atoms with van der Waals surface area (Å²) in [5, 5.41) is 25.7. The minimum Gasteiger partial charge on any atom is -0.480 e. The van der Waals surface area contributed by atoms with Crippen LogP contribution in [-0.2, 0) is 24.0 Å². The van der Waals surface area contributed by atoms with Gasteiger partial charge in [-0.1, -0.05) is 20.3 Å². The molecule has 200 valence electrons. The number of nitrogens with zero attached hydrogens (tertiary/aromatic N) is 1. The lowest BCUT2D eigenvalue weighted by molar-refractivity contribution is -0.144. The van der Waals surface area contributed by atoms with E-state index in [9.17, 15) is 29.1 Å². The number of hydrogen-bond acceptors (Lipinski definition) is 8. The van der Waals surface area contributed by atoms with Gasteiger partial charge in [0.15, 0.2) is 5.96 Å². The molecule has 0 aliphatic rings. The second-order valence-corrected chi connectivity index (χ2v) is 8.08. The number of aliphatic carboxylic acids is 1. The number of nitrogens with two attached hydrogens (primary N) is 4. The molecule has 0 heterocycles. The van der Waals surface area contributed by atoms with E-state index in [4.69, 9.17) is 28.0 Å². The quantitative estimate of drug-likeness (QED) is 0.0531. The van der Waals surface area contributed by atoms with Crippen molar-refractivity contribution in [1.29, 1.82) is 0 Å². The number of aliphatic hydroxyl groups is 1. The molecule has 0 aliphatic carbocycles. The maximum atomic E-state index is 13.0. The number of aliphatic imine (C=N–C) groups is 1. The lowest BCUT2D eigenvalue weighted by Gasteiger charge is -2.26. The third kappa shape index (κ3) is 12.5. The zero-order valence-electron chi connectivity index (χ0n) is 20.0. The maximum absolute atomic E-state index is 13.0. The molecule has 13 N–H and O–H groups in total. The monoisotopic (exact) mass is 502 g/mol. The van der Waals surface area contributed by atoms with Crippen molar-refractivity contribution in [3.8, 4) is 0 Å². The molecule has 0 aromatic carbocycles. The third-order valence-electron chi connectivity index (χ3n) is 5.20. The molecule has 4 amide bonds. The second-order valence-electron chi connectivity index (χ2n) is 8.08. The molecule has 0 rings (SSSR count).